The summed E-state index contributed by atoms with van der Waals surface area (Å²) in [7, 11) is 5.23. The molecule has 0 aliphatic carbocycles. The van der Waals surface area contributed by atoms with Crippen LogP contribution < -0.4 is 15.9 Å². The number of nitrogens with one attached hydrogen (secondary N) is 1. The van der Waals surface area contributed by atoms with Crippen LogP contribution in [0.25, 0.3) is 5.82 Å². The van der Waals surface area contributed by atoms with Gasteiger partial charge in [0.2, 0.25) is 11.6 Å². The van der Waals surface area contributed by atoms with Crippen LogP contribution in [0, 0.1) is 0 Å². The highest BCUT2D eigenvalue weighted by molar-refractivity contribution is 5.94. The number of hydrogen-bond acceptors (Lipinski definition) is 10. The van der Waals surface area contributed by atoms with Gasteiger partial charge in [0.05, 0.1) is 19.0 Å². The standard InChI is InChI=1S/C16H19N9O3/c1-24(2)9-11-13(19-23-25(11)15-14(17)21-28-22-15)16(26)20-18-8-10-6-4-5-7-12(10)27-3/h4-8H,9H2,1-3H3,(H2,17,21)(H,20,26)/b18-8-. The molecule has 1 aromatic carbocycles. The number of rotatable bonds is 7. The molecule has 12 nitrogen and oxygen atoms in total. The minimum absolute atomic E-state index is 0.0334. The molecule has 0 radical (unpaired) electrons. The largest absolute Gasteiger partial charge is 0.496 e. The van der Waals surface area contributed by atoms with E-state index in [9.17, 15) is 4.79 Å². The SMILES string of the molecule is COc1ccccc1/C=N\NC(=O)c1nnn(-c2nonc2N)c1CN(C)C. The predicted molar refractivity (Wildman–Crippen MR) is 99.1 cm³/mol. The first-order valence-corrected chi connectivity index (χ1v) is 8.15. The Morgan fingerprint density at radius 3 is 2.86 bits per heavy atom. The monoisotopic (exact) mass is 385 g/mol. The summed E-state index contributed by atoms with van der Waals surface area (Å²) in [4.78, 5) is 14.4. The van der Waals surface area contributed by atoms with Crippen molar-refractivity contribution in [3.8, 4) is 11.6 Å². The highest BCUT2D eigenvalue weighted by atomic mass is 16.6. The molecule has 0 unspecified atom stereocenters. The van der Waals surface area contributed by atoms with E-state index in [1.165, 1.54) is 10.9 Å². The summed E-state index contributed by atoms with van der Waals surface area (Å²) >= 11 is 0. The maximum Gasteiger partial charge on any atom is 0.293 e. The van der Waals surface area contributed by atoms with Crippen LogP contribution in [-0.2, 0) is 6.54 Å². The lowest BCUT2D eigenvalue weighted by Gasteiger charge is -2.11. The van der Waals surface area contributed by atoms with Crippen molar-refractivity contribution in [1.82, 2.24) is 35.6 Å². The van der Waals surface area contributed by atoms with Gasteiger partial charge in [-0.3, -0.25) is 4.79 Å². The number of aromatic nitrogens is 5. The third kappa shape index (κ3) is 3.96. The van der Waals surface area contributed by atoms with Gasteiger partial charge in [0.25, 0.3) is 5.91 Å². The van der Waals surface area contributed by atoms with Crippen molar-refractivity contribution in [2.75, 3.05) is 26.9 Å². The van der Waals surface area contributed by atoms with Crippen LogP contribution >= 0.6 is 0 Å². The molecule has 2 heterocycles. The molecule has 28 heavy (non-hydrogen) atoms. The summed E-state index contributed by atoms with van der Waals surface area (Å²) in [6, 6.07) is 7.27. The number of methoxy groups -OCH3 is 1. The Balaban J connectivity index is 1.84. The third-order valence-corrected chi connectivity index (χ3v) is 3.65. The number of nitrogen functional groups attached to an aromatic ring is 1. The van der Waals surface area contributed by atoms with Gasteiger partial charge < -0.3 is 15.4 Å². The predicted octanol–water partition coefficient (Wildman–Crippen LogP) is 0.0666. The van der Waals surface area contributed by atoms with E-state index in [1.807, 2.05) is 37.2 Å². The van der Waals surface area contributed by atoms with Crippen molar-refractivity contribution in [3.05, 3.63) is 41.2 Å². The van der Waals surface area contributed by atoms with Gasteiger partial charge in [-0.25, -0.2) is 10.1 Å². The molecule has 0 bridgehead atoms. The molecule has 0 spiro atoms. The number of amides is 1. The normalized spacial score (nSPS) is 11.3. The average Bonchev–Trinajstić information content (AvgIpc) is 3.27. The minimum atomic E-state index is -0.538. The molecule has 3 aromatic rings. The fourth-order valence-corrected chi connectivity index (χ4v) is 2.41. The van der Waals surface area contributed by atoms with Crippen molar-refractivity contribution >= 4 is 17.9 Å². The van der Waals surface area contributed by atoms with Gasteiger partial charge in [0.1, 0.15) is 5.75 Å². The molecule has 3 rings (SSSR count). The minimum Gasteiger partial charge on any atom is -0.496 e. The van der Waals surface area contributed by atoms with Gasteiger partial charge in [-0.15, -0.1) is 5.10 Å². The van der Waals surface area contributed by atoms with Crippen molar-refractivity contribution in [2.24, 2.45) is 5.10 Å². The van der Waals surface area contributed by atoms with Crippen molar-refractivity contribution in [1.29, 1.82) is 0 Å². The molecule has 2 aromatic heterocycles. The number of anilines is 1. The number of nitrogens with zero attached hydrogens (tertiary/aromatic N) is 7. The van der Waals surface area contributed by atoms with Gasteiger partial charge in [0.15, 0.2) is 5.69 Å². The summed E-state index contributed by atoms with van der Waals surface area (Å²) < 4.78 is 11.1. The quantitative estimate of drug-likeness (QED) is 0.425. The van der Waals surface area contributed by atoms with Gasteiger partial charge >= 0.3 is 0 Å². The van der Waals surface area contributed by atoms with Crippen LogP contribution in [0.3, 0.4) is 0 Å². The maximum atomic E-state index is 12.6. The van der Waals surface area contributed by atoms with E-state index < -0.39 is 5.91 Å². The Morgan fingerprint density at radius 2 is 2.18 bits per heavy atom. The highest BCUT2D eigenvalue weighted by Crippen LogP contribution is 2.17. The third-order valence-electron chi connectivity index (χ3n) is 3.65. The Bertz CT molecular complexity index is 993. The summed E-state index contributed by atoms with van der Waals surface area (Å²) in [5.41, 5.74) is 9.40. The van der Waals surface area contributed by atoms with Gasteiger partial charge in [-0.1, -0.05) is 17.3 Å². The number of para-hydroxylation sites is 1. The Labute approximate surface area is 159 Å². The van der Waals surface area contributed by atoms with Crippen LogP contribution in [0.15, 0.2) is 34.0 Å². The molecule has 0 saturated carbocycles. The molecule has 146 valence electrons. The maximum absolute atomic E-state index is 12.6. The fourth-order valence-electron chi connectivity index (χ4n) is 2.41. The summed E-state index contributed by atoms with van der Waals surface area (Å²) in [6.45, 7) is 0.346. The average molecular weight is 385 g/mol. The van der Waals surface area contributed by atoms with Crippen molar-refractivity contribution in [3.63, 3.8) is 0 Å². The molecule has 0 aliphatic heterocycles. The molecule has 0 atom stereocenters. The first-order chi connectivity index (χ1) is 13.5. The number of carbonyl (C=O) groups is 1. The van der Waals surface area contributed by atoms with Crippen LogP contribution in [0.1, 0.15) is 21.7 Å². The zero-order valence-electron chi connectivity index (χ0n) is 15.5. The van der Waals surface area contributed by atoms with Crippen molar-refractivity contribution < 1.29 is 14.2 Å². The number of carbonyl (C=O) groups excluding carboxylic acids is 1. The lowest BCUT2D eigenvalue weighted by atomic mass is 10.2. The lowest BCUT2D eigenvalue weighted by Crippen LogP contribution is -2.23. The summed E-state index contributed by atoms with van der Waals surface area (Å²) in [5.74, 6) is 0.282. The Kier molecular flexibility index (Phi) is 5.60. The number of ether oxygens (including phenoxy) is 1. The van der Waals surface area contributed by atoms with Crippen LogP contribution in [0.4, 0.5) is 5.82 Å². The van der Waals surface area contributed by atoms with E-state index in [4.69, 9.17) is 10.5 Å². The molecule has 0 saturated heterocycles. The summed E-state index contributed by atoms with van der Waals surface area (Å²) in [6.07, 6.45) is 1.48. The lowest BCUT2D eigenvalue weighted by molar-refractivity contribution is 0.0948. The van der Waals surface area contributed by atoms with Gasteiger partial charge in [-0.2, -0.15) is 9.78 Å². The zero-order valence-corrected chi connectivity index (χ0v) is 15.5. The van der Waals surface area contributed by atoms with E-state index in [2.05, 4.69) is 35.8 Å². The second kappa shape index (κ2) is 8.26. The fraction of sp³-hybridized carbons (Fsp3) is 0.250. The van der Waals surface area contributed by atoms with E-state index >= 15 is 0 Å². The molecule has 12 heteroatoms. The van der Waals surface area contributed by atoms with Crippen LogP contribution in [0.2, 0.25) is 0 Å². The molecular weight excluding hydrogens is 366 g/mol. The number of benzene rings is 1. The van der Waals surface area contributed by atoms with Gasteiger partial charge in [0, 0.05) is 12.1 Å². The van der Waals surface area contributed by atoms with Gasteiger partial charge in [-0.05, 0) is 36.5 Å². The van der Waals surface area contributed by atoms with E-state index in [1.54, 1.807) is 13.2 Å². The highest BCUT2D eigenvalue weighted by Gasteiger charge is 2.24. The second-order valence-electron chi connectivity index (χ2n) is 5.95. The van der Waals surface area contributed by atoms with E-state index in [0.29, 0.717) is 23.6 Å². The number of hydrogen-bond donors (Lipinski definition) is 2. The first kappa shape index (κ1) is 19.0. The topological polar surface area (TPSA) is 150 Å². The Morgan fingerprint density at radius 1 is 1.39 bits per heavy atom. The Hall–Kier alpha value is -3.80. The molecular formula is C16H19N9O3. The van der Waals surface area contributed by atoms with E-state index in [0.717, 1.165) is 0 Å². The number of hydrazone groups is 1. The molecule has 0 fully saturated rings. The first-order valence-electron chi connectivity index (χ1n) is 8.15. The number of nitrogens with two attached hydrogens (primary N) is 1. The molecule has 3 N–H and O–H groups in total. The van der Waals surface area contributed by atoms with Crippen LogP contribution in [0.5, 0.6) is 5.75 Å². The van der Waals surface area contributed by atoms with E-state index in [-0.39, 0.29) is 17.3 Å². The molecule has 1 amide bonds. The zero-order chi connectivity index (χ0) is 20.1. The summed E-state index contributed by atoms with van der Waals surface area (Å²) in [5, 5.41) is 19.1. The smallest absolute Gasteiger partial charge is 0.293 e. The molecule has 0 aliphatic rings. The van der Waals surface area contributed by atoms with Crippen LogP contribution in [-0.4, -0.2) is 63.5 Å². The van der Waals surface area contributed by atoms with Crippen molar-refractivity contribution in [2.45, 2.75) is 6.54 Å². The second-order valence-corrected chi connectivity index (χ2v) is 5.95.